The van der Waals surface area contributed by atoms with Crippen molar-refractivity contribution >= 4 is 6.41 Å². The molecule has 1 radical (unpaired) electrons. The number of rotatable bonds is 2. The Kier molecular flexibility index (Phi) is 3.37. The molecule has 2 aliphatic rings. The summed E-state index contributed by atoms with van der Waals surface area (Å²) in [5, 5.41) is 3.33. The smallest absolute Gasteiger partial charge is 0.313 e. The minimum atomic E-state index is 0.323. The second-order valence-electron chi connectivity index (χ2n) is 4.05. The molecule has 2 rings (SSSR count). The Balaban J connectivity index is 1.94. The first-order chi connectivity index (χ1) is 6.92. The highest BCUT2D eigenvalue weighted by molar-refractivity contribution is 5.48. The molecule has 0 bridgehead atoms. The van der Waals surface area contributed by atoms with E-state index in [2.05, 4.69) is 16.6 Å². The summed E-state index contributed by atoms with van der Waals surface area (Å²) in [4.78, 5) is 15.0. The minimum absolute atomic E-state index is 0.323. The van der Waals surface area contributed by atoms with Crippen molar-refractivity contribution in [3.05, 3.63) is 0 Å². The van der Waals surface area contributed by atoms with Crippen molar-refractivity contribution in [1.82, 2.24) is 15.1 Å². The van der Waals surface area contributed by atoms with Gasteiger partial charge in [-0.25, -0.2) is 0 Å². The molecule has 2 heterocycles. The number of hydrogen-bond donors (Lipinski definition) is 1. The maximum Gasteiger partial charge on any atom is 0.313 e. The molecular formula is C10H18N3O. The SMILES string of the molecule is O=[C]N1CCCCC1N1CCNCC1. The third-order valence-corrected chi connectivity index (χ3v) is 3.16. The monoisotopic (exact) mass is 196 g/mol. The molecule has 4 heteroatoms. The van der Waals surface area contributed by atoms with Crippen molar-refractivity contribution in [3.8, 4) is 0 Å². The fourth-order valence-corrected chi connectivity index (χ4v) is 2.38. The molecule has 0 aliphatic carbocycles. The van der Waals surface area contributed by atoms with Gasteiger partial charge in [0.2, 0.25) is 0 Å². The zero-order valence-corrected chi connectivity index (χ0v) is 8.54. The molecule has 1 atom stereocenters. The third-order valence-electron chi connectivity index (χ3n) is 3.16. The van der Waals surface area contributed by atoms with E-state index in [1.165, 1.54) is 6.42 Å². The van der Waals surface area contributed by atoms with Crippen LogP contribution in [0.3, 0.4) is 0 Å². The largest absolute Gasteiger partial charge is 0.319 e. The van der Waals surface area contributed by atoms with Gasteiger partial charge in [-0.3, -0.25) is 9.69 Å². The molecule has 0 saturated carbocycles. The van der Waals surface area contributed by atoms with E-state index >= 15 is 0 Å². The average molecular weight is 196 g/mol. The van der Waals surface area contributed by atoms with Crippen LogP contribution in [0.5, 0.6) is 0 Å². The van der Waals surface area contributed by atoms with Gasteiger partial charge < -0.3 is 10.2 Å². The van der Waals surface area contributed by atoms with Gasteiger partial charge >= 0.3 is 6.41 Å². The summed E-state index contributed by atoms with van der Waals surface area (Å²) in [6, 6.07) is 0. The Morgan fingerprint density at radius 2 is 1.93 bits per heavy atom. The predicted molar refractivity (Wildman–Crippen MR) is 54.5 cm³/mol. The van der Waals surface area contributed by atoms with Crippen molar-refractivity contribution in [2.45, 2.75) is 25.4 Å². The third kappa shape index (κ3) is 2.07. The van der Waals surface area contributed by atoms with Gasteiger partial charge in [-0.15, -0.1) is 0 Å². The lowest BCUT2D eigenvalue weighted by molar-refractivity contribution is 0.0499. The van der Waals surface area contributed by atoms with Crippen molar-refractivity contribution in [2.75, 3.05) is 32.7 Å². The minimum Gasteiger partial charge on any atom is -0.319 e. The van der Waals surface area contributed by atoms with Gasteiger partial charge in [0, 0.05) is 32.7 Å². The van der Waals surface area contributed by atoms with Crippen molar-refractivity contribution < 1.29 is 4.79 Å². The Morgan fingerprint density at radius 1 is 1.14 bits per heavy atom. The van der Waals surface area contributed by atoms with E-state index in [0.29, 0.717) is 6.17 Å². The van der Waals surface area contributed by atoms with E-state index in [1.807, 2.05) is 4.90 Å². The molecule has 0 aromatic rings. The predicted octanol–water partition coefficient (Wildman–Crippen LogP) is -0.229. The number of piperidine rings is 1. The summed E-state index contributed by atoms with van der Waals surface area (Å²) in [7, 11) is 0. The highest BCUT2D eigenvalue weighted by atomic mass is 16.1. The number of nitrogens with one attached hydrogen (secondary N) is 1. The van der Waals surface area contributed by atoms with E-state index in [1.54, 1.807) is 0 Å². The fraction of sp³-hybridized carbons (Fsp3) is 0.900. The maximum atomic E-state index is 10.8. The second kappa shape index (κ2) is 4.75. The molecule has 2 saturated heterocycles. The van der Waals surface area contributed by atoms with Crippen LogP contribution in [0.4, 0.5) is 0 Å². The van der Waals surface area contributed by atoms with Crippen LogP contribution in [0.2, 0.25) is 0 Å². The van der Waals surface area contributed by atoms with Crippen LogP contribution in [0.1, 0.15) is 19.3 Å². The first kappa shape index (κ1) is 9.93. The molecule has 4 nitrogen and oxygen atoms in total. The second-order valence-corrected chi connectivity index (χ2v) is 4.05. The van der Waals surface area contributed by atoms with Crippen LogP contribution >= 0.6 is 0 Å². The average Bonchev–Trinajstić information content (AvgIpc) is 2.30. The Hall–Kier alpha value is -0.610. The van der Waals surface area contributed by atoms with Crippen molar-refractivity contribution in [1.29, 1.82) is 0 Å². The Morgan fingerprint density at radius 3 is 2.64 bits per heavy atom. The lowest BCUT2D eigenvalue weighted by Gasteiger charge is -2.42. The molecule has 1 N–H and O–H groups in total. The summed E-state index contributed by atoms with van der Waals surface area (Å²) < 4.78 is 0. The van der Waals surface area contributed by atoms with Gasteiger partial charge in [0.1, 0.15) is 0 Å². The summed E-state index contributed by atoms with van der Waals surface area (Å²) in [6.07, 6.45) is 5.89. The van der Waals surface area contributed by atoms with E-state index in [9.17, 15) is 4.79 Å². The number of amides is 1. The van der Waals surface area contributed by atoms with Crippen LogP contribution in [0.25, 0.3) is 0 Å². The zero-order valence-electron chi connectivity index (χ0n) is 8.54. The quantitative estimate of drug-likeness (QED) is 0.663. The molecule has 1 unspecified atom stereocenters. The van der Waals surface area contributed by atoms with E-state index in [0.717, 1.165) is 45.6 Å². The van der Waals surface area contributed by atoms with E-state index < -0.39 is 0 Å². The number of hydrogen-bond acceptors (Lipinski definition) is 3. The number of nitrogens with zero attached hydrogens (tertiary/aromatic N) is 2. The highest BCUT2D eigenvalue weighted by Crippen LogP contribution is 2.18. The fourth-order valence-electron chi connectivity index (χ4n) is 2.38. The summed E-state index contributed by atoms with van der Waals surface area (Å²) in [5.74, 6) is 0. The van der Waals surface area contributed by atoms with Gasteiger partial charge in [-0.1, -0.05) is 0 Å². The van der Waals surface area contributed by atoms with Gasteiger partial charge in [0.15, 0.2) is 0 Å². The molecule has 79 valence electrons. The summed E-state index contributed by atoms with van der Waals surface area (Å²) in [6.45, 7) is 5.09. The van der Waals surface area contributed by atoms with Gasteiger partial charge in [0.25, 0.3) is 0 Å². The van der Waals surface area contributed by atoms with Crippen LogP contribution in [0, 0.1) is 0 Å². The lowest BCUT2D eigenvalue weighted by atomic mass is 10.1. The van der Waals surface area contributed by atoms with Gasteiger partial charge in [-0.2, -0.15) is 0 Å². The topological polar surface area (TPSA) is 35.6 Å². The molecule has 0 aromatic heterocycles. The standard InChI is InChI=1S/C10H18N3O/c14-9-13-6-2-1-3-10(13)12-7-4-11-5-8-12/h10-11H,1-8H2. The van der Waals surface area contributed by atoms with Crippen LogP contribution < -0.4 is 5.32 Å². The highest BCUT2D eigenvalue weighted by Gasteiger charge is 2.27. The number of likely N-dealkylation sites (tertiary alicyclic amines) is 1. The summed E-state index contributed by atoms with van der Waals surface area (Å²) in [5.41, 5.74) is 0. The molecule has 14 heavy (non-hydrogen) atoms. The van der Waals surface area contributed by atoms with E-state index in [-0.39, 0.29) is 0 Å². The van der Waals surface area contributed by atoms with Crippen molar-refractivity contribution in [2.24, 2.45) is 0 Å². The van der Waals surface area contributed by atoms with Crippen LogP contribution in [0.15, 0.2) is 0 Å². The Labute approximate surface area is 85.2 Å². The van der Waals surface area contributed by atoms with Gasteiger partial charge in [0.05, 0.1) is 6.17 Å². The maximum absolute atomic E-state index is 10.8. The molecule has 0 spiro atoms. The summed E-state index contributed by atoms with van der Waals surface area (Å²) >= 11 is 0. The van der Waals surface area contributed by atoms with Crippen LogP contribution in [-0.2, 0) is 4.79 Å². The van der Waals surface area contributed by atoms with E-state index in [4.69, 9.17) is 0 Å². The molecular weight excluding hydrogens is 178 g/mol. The van der Waals surface area contributed by atoms with Crippen LogP contribution in [-0.4, -0.2) is 55.1 Å². The molecule has 1 amide bonds. The Bertz CT molecular complexity index is 192. The van der Waals surface area contributed by atoms with Gasteiger partial charge in [-0.05, 0) is 19.3 Å². The molecule has 2 fully saturated rings. The van der Waals surface area contributed by atoms with Crippen molar-refractivity contribution in [3.63, 3.8) is 0 Å². The molecule has 0 aromatic carbocycles. The normalized spacial score (nSPS) is 30.3. The molecule has 2 aliphatic heterocycles. The first-order valence-electron chi connectivity index (χ1n) is 5.51. The zero-order chi connectivity index (χ0) is 9.80. The number of piperazine rings is 1. The first-order valence-corrected chi connectivity index (χ1v) is 5.51. The number of carbonyl (C=O) groups excluding carboxylic acids is 1. The lowest BCUT2D eigenvalue weighted by Crippen LogP contribution is -2.56.